The molecule has 0 N–H and O–H groups in total. The molecule has 0 bridgehead atoms. The van der Waals surface area contributed by atoms with Crippen molar-refractivity contribution in [2.45, 2.75) is 0 Å². The number of rotatable bonds is 0. The first-order valence-corrected chi connectivity index (χ1v) is 4.50. The third-order valence-corrected chi connectivity index (χ3v) is 2.45. The van der Waals surface area contributed by atoms with Gasteiger partial charge >= 0.3 is 0 Å². The zero-order valence-corrected chi connectivity index (χ0v) is 7.82. The summed E-state index contributed by atoms with van der Waals surface area (Å²) >= 11 is 6.07. The number of aromatic nitrogens is 2. The van der Waals surface area contributed by atoms with Crippen LogP contribution in [0.4, 0.5) is 0 Å². The van der Waals surface area contributed by atoms with Crippen LogP contribution in [0.15, 0.2) is 35.2 Å². The Morgan fingerprint density at radius 2 is 2.21 bits per heavy atom. The number of oxazole rings is 1. The number of pyridine rings is 1. The zero-order valence-electron chi connectivity index (χ0n) is 7.07. The first-order chi connectivity index (χ1) is 6.86. The molecule has 0 spiro atoms. The van der Waals surface area contributed by atoms with Gasteiger partial charge in [-0.2, -0.15) is 0 Å². The van der Waals surface area contributed by atoms with Crippen LogP contribution in [0.1, 0.15) is 0 Å². The molecule has 3 aromatic rings. The minimum Gasteiger partial charge on any atom is -0.441 e. The molecule has 68 valence electrons. The van der Waals surface area contributed by atoms with E-state index < -0.39 is 0 Å². The maximum atomic E-state index is 6.07. The van der Waals surface area contributed by atoms with Gasteiger partial charge in [-0.25, -0.2) is 4.98 Å². The smallest absolute Gasteiger partial charge is 0.182 e. The van der Waals surface area contributed by atoms with Crippen LogP contribution in [0.3, 0.4) is 0 Å². The van der Waals surface area contributed by atoms with Gasteiger partial charge in [0.05, 0.1) is 5.02 Å². The highest BCUT2D eigenvalue weighted by atomic mass is 35.5. The van der Waals surface area contributed by atoms with Gasteiger partial charge in [0.2, 0.25) is 0 Å². The van der Waals surface area contributed by atoms with E-state index in [-0.39, 0.29) is 0 Å². The van der Waals surface area contributed by atoms with E-state index in [1.165, 1.54) is 6.39 Å². The lowest BCUT2D eigenvalue weighted by atomic mass is 10.2. The molecule has 4 heteroatoms. The Hall–Kier alpha value is -1.61. The number of halogens is 1. The first kappa shape index (κ1) is 7.76. The third kappa shape index (κ3) is 0.930. The standard InChI is InChI=1S/C10H5ClN2O/c11-7-4-8-10(14-5-13-8)9-6(7)2-1-3-12-9/h1-5H. The quantitative estimate of drug-likeness (QED) is 0.565. The van der Waals surface area contributed by atoms with Crippen LogP contribution in [-0.2, 0) is 0 Å². The van der Waals surface area contributed by atoms with Gasteiger partial charge in [0, 0.05) is 11.6 Å². The fourth-order valence-electron chi connectivity index (χ4n) is 1.51. The molecule has 1 aromatic carbocycles. The van der Waals surface area contributed by atoms with Crippen LogP contribution in [0.2, 0.25) is 5.02 Å². The molecule has 2 heterocycles. The molecule has 0 saturated heterocycles. The van der Waals surface area contributed by atoms with Crippen LogP contribution in [0.5, 0.6) is 0 Å². The average Bonchev–Trinajstić information content (AvgIpc) is 2.66. The maximum absolute atomic E-state index is 6.07. The van der Waals surface area contributed by atoms with Gasteiger partial charge in [-0.05, 0) is 18.2 Å². The van der Waals surface area contributed by atoms with E-state index >= 15 is 0 Å². The minimum absolute atomic E-state index is 0.648. The van der Waals surface area contributed by atoms with Crippen molar-refractivity contribution >= 4 is 33.6 Å². The summed E-state index contributed by atoms with van der Waals surface area (Å²) in [5, 5.41) is 1.54. The van der Waals surface area contributed by atoms with Gasteiger partial charge in [-0.15, -0.1) is 0 Å². The molecule has 0 aliphatic carbocycles. The molecule has 3 nitrogen and oxygen atoms in total. The molecule has 2 aromatic heterocycles. The van der Waals surface area contributed by atoms with Crippen LogP contribution < -0.4 is 0 Å². The molecular weight excluding hydrogens is 200 g/mol. The van der Waals surface area contributed by atoms with E-state index in [4.69, 9.17) is 16.0 Å². The molecule has 0 aliphatic heterocycles. The Labute approximate surface area is 84.3 Å². The van der Waals surface area contributed by atoms with Crippen LogP contribution in [-0.4, -0.2) is 9.97 Å². The lowest BCUT2D eigenvalue weighted by Crippen LogP contribution is -1.80. The van der Waals surface area contributed by atoms with E-state index in [2.05, 4.69) is 9.97 Å². The summed E-state index contributed by atoms with van der Waals surface area (Å²) in [4.78, 5) is 8.26. The Morgan fingerprint density at radius 1 is 1.29 bits per heavy atom. The Balaban J connectivity index is 2.67. The average molecular weight is 205 g/mol. The molecule has 0 aliphatic rings. The Kier molecular flexibility index (Phi) is 1.49. The summed E-state index contributed by atoms with van der Waals surface area (Å²) in [7, 11) is 0. The molecule has 0 amide bonds. The highest BCUT2D eigenvalue weighted by Gasteiger charge is 2.08. The summed E-state index contributed by atoms with van der Waals surface area (Å²) in [6.45, 7) is 0. The first-order valence-electron chi connectivity index (χ1n) is 4.13. The van der Waals surface area contributed by atoms with E-state index in [1.54, 1.807) is 12.3 Å². The summed E-state index contributed by atoms with van der Waals surface area (Å²) < 4.78 is 5.25. The van der Waals surface area contributed by atoms with Crippen molar-refractivity contribution in [3.63, 3.8) is 0 Å². The van der Waals surface area contributed by atoms with Crippen LogP contribution in [0, 0.1) is 0 Å². The summed E-state index contributed by atoms with van der Waals surface area (Å²) in [6.07, 6.45) is 3.11. The fourth-order valence-corrected chi connectivity index (χ4v) is 1.77. The summed E-state index contributed by atoms with van der Waals surface area (Å²) in [6, 6.07) is 5.54. The largest absolute Gasteiger partial charge is 0.441 e. The lowest BCUT2D eigenvalue weighted by molar-refractivity contribution is 0.604. The predicted molar refractivity (Wildman–Crippen MR) is 54.3 cm³/mol. The lowest BCUT2D eigenvalue weighted by Gasteiger charge is -1.98. The molecule has 0 unspecified atom stereocenters. The summed E-state index contributed by atoms with van der Waals surface area (Å²) in [5.41, 5.74) is 2.18. The van der Waals surface area contributed by atoms with Crippen molar-refractivity contribution in [3.8, 4) is 0 Å². The fraction of sp³-hybridized carbons (Fsp3) is 0. The second kappa shape index (κ2) is 2.69. The Bertz CT molecular complexity index is 618. The topological polar surface area (TPSA) is 38.9 Å². The van der Waals surface area contributed by atoms with E-state index in [0.717, 1.165) is 16.4 Å². The van der Waals surface area contributed by atoms with E-state index in [0.29, 0.717) is 10.6 Å². The number of nitrogens with zero attached hydrogens (tertiary/aromatic N) is 2. The predicted octanol–water partition coefficient (Wildman–Crippen LogP) is 3.03. The molecule has 0 radical (unpaired) electrons. The number of hydrogen-bond donors (Lipinski definition) is 0. The van der Waals surface area contributed by atoms with Gasteiger partial charge < -0.3 is 4.42 Å². The monoisotopic (exact) mass is 204 g/mol. The molecule has 0 fully saturated rings. The summed E-state index contributed by atoms with van der Waals surface area (Å²) in [5.74, 6) is 0. The van der Waals surface area contributed by atoms with Crippen molar-refractivity contribution in [2.24, 2.45) is 0 Å². The SMILES string of the molecule is Clc1cc2ncoc2c2ncccc12. The van der Waals surface area contributed by atoms with Crippen molar-refractivity contribution in [1.82, 2.24) is 9.97 Å². The van der Waals surface area contributed by atoms with Crippen molar-refractivity contribution < 1.29 is 4.42 Å². The number of benzene rings is 1. The van der Waals surface area contributed by atoms with Gasteiger partial charge in [0.15, 0.2) is 12.0 Å². The Morgan fingerprint density at radius 3 is 3.14 bits per heavy atom. The van der Waals surface area contributed by atoms with Gasteiger partial charge in [-0.1, -0.05) is 11.6 Å². The minimum atomic E-state index is 0.648. The van der Waals surface area contributed by atoms with E-state index in [1.807, 2.05) is 12.1 Å². The van der Waals surface area contributed by atoms with Crippen LogP contribution in [0.25, 0.3) is 22.0 Å². The molecule has 0 saturated carbocycles. The molecule has 0 atom stereocenters. The molecule has 14 heavy (non-hydrogen) atoms. The normalized spacial score (nSPS) is 11.2. The number of fused-ring (bicyclic) bond motifs is 3. The number of hydrogen-bond acceptors (Lipinski definition) is 3. The molecule has 3 rings (SSSR count). The van der Waals surface area contributed by atoms with E-state index in [9.17, 15) is 0 Å². The van der Waals surface area contributed by atoms with Gasteiger partial charge in [-0.3, -0.25) is 4.98 Å². The van der Waals surface area contributed by atoms with Crippen molar-refractivity contribution in [1.29, 1.82) is 0 Å². The van der Waals surface area contributed by atoms with Gasteiger partial charge in [0.25, 0.3) is 0 Å². The maximum Gasteiger partial charge on any atom is 0.182 e. The highest BCUT2D eigenvalue weighted by molar-refractivity contribution is 6.36. The zero-order chi connectivity index (χ0) is 9.54. The van der Waals surface area contributed by atoms with Crippen LogP contribution >= 0.6 is 11.6 Å². The van der Waals surface area contributed by atoms with Crippen molar-refractivity contribution in [2.75, 3.05) is 0 Å². The second-order valence-corrected chi connectivity index (χ2v) is 3.37. The van der Waals surface area contributed by atoms with Crippen molar-refractivity contribution in [3.05, 3.63) is 35.8 Å². The molecular formula is C10H5ClN2O. The van der Waals surface area contributed by atoms with Gasteiger partial charge in [0.1, 0.15) is 11.0 Å². The second-order valence-electron chi connectivity index (χ2n) is 2.96. The third-order valence-electron chi connectivity index (χ3n) is 2.14. The highest BCUT2D eigenvalue weighted by Crippen LogP contribution is 2.29.